The second-order valence-corrected chi connectivity index (χ2v) is 8.52. The minimum absolute atomic E-state index is 0.000141. The van der Waals surface area contributed by atoms with Crippen LogP contribution in [0.4, 0.5) is 0 Å². The van der Waals surface area contributed by atoms with E-state index >= 15 is 0 Å². The van der Waals surface area contributed by atoms with Gasteiger partial charge in [0.2, 0.25) is 5.91 Å². The first kappa shape index (κ1) is 20.8. The molecule has 30 heavy (non-hydrogen) atoms. The molecule has 0 radical (unpaired) electrons. The van der Waals surface area contributed by atoms with Gasteiger partial charge in [0.05, 0.1) is 6.04 Å². The Morgan fingerprint density at radius 1 is 1.07 bits per heavy atom. The number of hydrogen-bond acceptors (Lipinski definition) is 3. The van der Waals surface area contributed by atoms with Crippen LogP contribution in [0.2, 0.25) is 10.0 Å². The molecule has 0 spiro atoms. The van der Waals surface area contributed by atoms with E-state index in [-0.39, 0.29) is 29.9 Å². The van der Waals surface area contributed by atoms with E-state index in [0.717, 1.165) is 17.5 Å². The summed E-state index contributed by atoms with van der Waals surface area (Å²) < 4.78 is 5.98. The number of fused-ring (bicyclic) bond motifs is 1. The molecule has 156 valence electrons. The van der Waals surface area contributed by atoms with Gasteiger partial charge < -0.3 is 15.4 Å². The summed E-state index contributed by atoms with van der Waals surface area (Å²) in [5.74, 6) is -0.109. The third-order valence-electron chi connectivity index (χ3n) is 5.52. The van der Waals surface area contributed by atoms with Crippen LogP contribution in [0, 0.1) is 5.92 Å². The summed E-state index contributed by atoms with van der Waals surface area (Å²) in [6, 6.07) is 14.4. The highest BCUT2D eigenvalue weighted by atomic mass is 35.5. The second kappa shape index (κ2) is 9.11. The summed E-state index contributed by atoms with van der Waals surface area (Å²) in [5.41, 5.74) is 1.84. The van der Waals surface area contributed by atoms with Gasteiger partial charge in [-0.15, -0.1) is 0 Å². The smallest absolute Gasteiger partial charge is 0.286 e. The van der Waals surface area contributed by atoms with Crippen molar-refractivity contribution >= 4 is 41.1 Å². The molecule has 2 amide bonds. The normalized spacial score (nSPS) is 24.5. The number of carbonyl (C=O) groups excluding carboxylic acids is 2. The molecule has 1 saturated heterocycles. The van der Waals surface area contributed by atoms with Crippen LogP contribution in [0.15, 0.2) is 54.3 Å². The van der Waals surface area contributed by atoms with Crippen molar-refractivity contribution < 1.29 is 14.3 Å². The molecule has 2 aromatic carbocycles. The predicted octanol–water partition coefficient (Wildman–Crippen LogP) is 4.33. The number of hydrogen-bond donors (Lipinski definition) is 2. The molecule has 0 bridgehead atoms. The quantitative estimate of drug-likeness (QED) is 0.689. The van der Waals surface area contributed by atoms with Crippen LogP contribution in [0.3, 0.4) is 0 Å². The Bertz CT molecular complexity index is 957. The van der Waals surface area contributed by atoms with Gasteiger partial charge in [0, 0.05) is 22.5 Å². The van der Waals surface area contributed by atoms with E-state index in [4.69, 9.17) is 27.9 Å². The Morgan fingerprint density at radius 3 is 2.43 bits per heavy atom. The Kier molecular flexibility index (Phi) is 6.30. The lowest BCUT2D eigenvalue weighted by molar-refractivity contribution is -0.134. The lowest BCUT2D eigenvalue weighted by atomic mass is 9.82. The highest BCUT2D eigenvalue weighted by Gasteiger charge is 2.40. The van der Waals surface area contributed by atoms with E-state index in [2.05, 4.69) is 10.6 Å². The summed E-state index contributed by atoms with van der Waals surface area (Å²) >= 11 is 11.8. The number of ether oxygens (including phenoxy) is 1. The van der Waals surface area contributed by atoms with Gasteiger partial charge >= 0.3 is 0 Å². The fourth-order valence-electron chi connectivity index (χ4n) is 3.88. The third kappa shape index (κ3) is 4.97. The maximum Gasteiger partial charge on any atom is 0.286 e. The molecule has 1 aliphatic heterocycles. The molecule has 1 heterocycles. The van der Waals surface area contributed by atoms with Crippen molar-refractivity contribution in [3.8, 4) is 0 Å². The summed E-state index contributed by atoms with van der Waals surface area (Å²) in [7, 11) is 0. The third-order valence-corrected chi connectivity index (χ3v) is 6.03. The standard InChI is InChI=1S/C23H22Cl2N2O3/c24-17-6-1-14(2-7-17)11-21-23(29)27-19-12-16(5-10-20(19)30-21)22(28)26-13-15-3-8-18(25)9-4-15/h1-4,6-9,11,16,19-20H,5,10,12-13H2,(H,26,28)(H,27,29)/b21-11-. The van der Waals surface area contributed by atoms with Crippen molar-refractivity contribution in [2.45, 2.75) is 38.0 Å². The summed E-state index contributed by atoms with van der Waals surface area (Å²) in [6.07, 6.45) is 3.59. The number of rotatable bonds is 4. The van der Waals surface area contributed by atoms with Gasteiger partial charge in [-0.05, 0) is 60.7 Å². The number of nitrogens with one attached hydrogen (secondary N) is 2. The van der Waals surface area contributed by atoms with E-state index in [1.54, 1.807) is 30.3 Å². The van der Waals surface area contributed by atoms with E-state index in [9.17, 15) is 9.59 Å². The first-order valence-corrected chi connectivity index (χ1v) is 10.7. The number of amides is 2. The number of carbonyl (C=O) groups is 2. The predicted molar refractivity (Wildman–Crippen MR) is 117 cm³/mol. The Labute approximate surface area is 185 Å². The highest BCUT2D eigenvalue weighted by Crippen LogP contribution is 2.31. The minimum atomic E-state index is -0.256. The van der Waals surface area contributed by atoms with Gasteiger partial charge in [-0.25, -0.2) is 0 Å². The van der Waals surface area contributed by atoms with Crippen LogP contribution in [-0.2, 0) is 20.9 Å². The van der Waals surface area contributed by atoms with Crippen LogP contribution < -0.4 is 10.6 Å². The van der Waals surface area contributed by atoms with Gasteiger partial charge in [-0.3, -0.25) is 9.59 Å². The SMILES string of the molecule is O=C1NC2CC(C(=O)NCc3ccc(Cl)cc3)CCC2O/C1=C\c1ccc(Cl)cc1. The van der Waals surface area contributed by atoms with Crippen molar-refractivity contribution in [3.05, 3.63) is 75.5 Å². The first-order chi connectivity index (χ1) is 14.5. The molecule has 1 aliphatic carbocycles. The molecule has 2 fully saturated rings. The molecule has 2 aromatic rings. The largest absolute Gasteiger partial charge is 0.483 e. The lowest BCUT2D eigenvalue weighted by Crippen LogP contribution is -2.54. The maximum atomic E-state index is 12.6. The van der Waals surface area contributed by atoms with E-state index in [0.29, 0.717) is 35.2 Å². The molecule has 2 N–H and O–H groups in total. The van der Waals surface area contributed by atoms with Crippen molar-refractivity contribution in [1.29, 1.82) is 0 Å². The highest BCUT2D eigenvalue weighted by molar-refractivity contribution is 6.30. The molecular formula is C23H22Cl2N2O3. The summed E-state index contributed by atoms with van der Waals surface area (Å²) in [6.45, 7) is 0.456. The van der Waals surface area contributed by atoms with Gasteiger partial charge in [0.15, 0.2) is 5.76 Å². The van der Waals surface area contributed by atoms with Crippen LogP contribution in [0.1, 0.15) is 30.4 Å². The Balaban J connectivity index is 1.34. The monoisotopic (exact) mass is 444 g/mol. The zero-order valence-electron chi connectivity index (χ0n) is 16.2. The van der Waals surface area contributed by atoms with E-state index in [1.165, 1.54) is 0 Å². The fraction of sp³-hybridized carbons (Fsp3) is 0.304. The van der Waals surface area contributed by atoms with Crippen LogP contribution >= 0.6 is 23.2 Å². The van der Waals surface area contributed by atoms with Crippen molar-refractivity contribution in [2.24, 2.45) is 5.92 Å². The Hall–Kier alpha value is -2.50. The zero-order chi connectivity index (χ0) is 21.1. The molecule has 5 nitrogen and oxygen atoms in total. The molecule has 3 atom stereocenters. The summed E-state index contributed by atoms with van der Waals surface area (Å²) in [5, 5.41) is 7.30. The molecule has 1 saturated carbocycles. The van der Waals surface area contributed by atoms with Crippen LogP contribution in [0.25, 0.3) is 6.08 Å². The molecule has 4 rings (SSSR count). The zero-order valence-corrected chi connectivity index (χ0v) is 17.7. The second-order valence-electron chi connectivity index (χ2n) is 7.65. The fourth-order valence-corrected chi connectivity index (χ4v) is 4.13. The van der Waals surface area contributed by atoms with Gasteiger partial charge in [-0.2, -0.15) is 0 Å². The average molecular weight is 445 g/mol. The van der Waals surface area contributed by atoms with Gasteiger partial charge in [0.1, 0.15) is 6.10 Å². The van der Waals surface area contributed by atoms with Crippen molar-refractivity contribution in [3.63, 3.8) is 0 Å². The molecular weight excluding hydrogens is 423 g/mol. The van der Waals surface area contributed by atoms with E-state index < -0.39 is 0 Å². The number of halogens is 2. The molecule has 7 heteroatoms. The lowest BCUT2D eigenvalue weighted by Gasteiger charge is -2.39. The van der Waals surface area contributed by atoms with Gasteiger partial charge in [0.25, 0.3) is 5.91 Å². The van der Waals surface area contributed by atoms with Gasteiger partial charge in [-0.1, -0.05) is 47.5 Å². The first-order valence-electron chi connectivity index (χ1n) is 9.95. The number of morpholine rings is 1. The Morgan fingerprint density at radius 2 is 1.73 bits per heavy atom. The van der Waals surface area contributed by atoms with Crippen molar-refractivity contribution in [1.82, 2.24) is 10.6 Å². The molecule has 3 unspecified atom stereocenters. The topological polar surface area (TPSA) is 67.4 Å². The molecule has 0 aromatic heterocycles. The van der Waals surface area contributed by atoms with Crippen LogP contribution in [0.5, 0.6) is 0 Å². The molecule has 2 aliphatic rings. The van der Waals surface area contributed by atoms with Crippen molar-refractivity contribution in [2.75, 3.05) is 0 Å². The van der Waals surface area contributed by atoms with Crippen LogP contribution in [-0.4, -0.2) is 24.0 Å². The summed E-state index contributed by atoms with van der Waals surface area (Å²) in [4.78, 5) is 25.1. The maximum absolute atomic E-state index is 12.6. The van der Waals surface area contributed by atoms with E-state index in [1.807, 2.05) is 24.3 Å². The minimum Gasteiger partial charge on any atom is -0.483 e. The number of benzene rings is 2. The average Bonchev–Trinajstić information content (AvgIpc) is 2.75.